The van der Waals surface area contributed by atoms with Crippen LogP contribution in [0.5, 0.6) is 5.75 Å². The molecule has 1 heterocycles. The Bertz CT molecular complexity index is 1010. The van der Waals surface area contributed by atoms with E-state index in [1.165, 1.54) is 12.0 Å². The molecule has 6 heteroatoms. The molecule has 3 rings (SSSR count). The van der Waals surface area contributed by atoms with E-state index in [2.05, 4.69) is 4.98 Å². The molecule has 0 aliphatic heterocycles. The van der Waals surface area contributed by atoms with E-state index in [9.17, 15) is 9.59 Å². The Kier molecular flexibility index (Phi) is 5.57. The summed E-state index contributed by atoms with van der Waals surface area (Å²) in [5.74, 6) is 0.461. The molecule has 140 valence electrons. The van der Waals surface area contributed by atoms with Gasteiger partial charge in [-0.05, 0) is 48.2 Å². The number of aromatic amines is 1. The summed E-state index contributed by atoms with van der Waals surface area (Å²) in [5, 5.41) is 0.929. The molecule has 0 saturated carbocycles. The van der Waals surface area contributed by atoms with E-state index in [0.29, 0.717) is 17.0 Å². The van der Waals surface area contributed by atoms with E-state index < -0.39 is 0 Å². The number of H-pyrrole nitrogens is 1. The van der Waals surface area contributed by atoms with Crippen molar-refractivity contribution in [3.05, 3.63) is 70.0 Å². The fourth-order valence-electron chi connectivity index (χ4n) is 3.00. The van der Waals surface area contributed by atoms with Crippen LogP contribution < -0.4 is 15.2 Å². The van der Waals surface area contributed by atoms with Crippen LogP contribution in [0.1, 0.15) is 11.1 Å². The Labute approximate surface area is 157 Å². The van der Waals surface area contributed by atoms with Gasteiger partial charge >= 0.3 is 0 Å². The molecule has 0 atom stereocenters. The molecule has 6 nitrogen and oxygen atoms in total. The minimum Gasteiger partial charge on any atom is -0.497 e. The number of hydrogen-bond acceptors (Lipinski definition) is 4. The minimum absolute atomic E-state index is 0.0728. The number of amides is 1. The first-order valence-electron chi connectivity index (χ1n) is 8.58. The normalized spacial score (nSPS) is 10.8. The van der Waals surface area contributed by atoms with Crippen LogP contribution in [-0.4, -0.2) is 31.7 Å². The molecule has 0 radical (unpaired) electrons. The van der Waals surface area contributed by atoms with Crippen molar-refractivity contribution >= 4 is 22.5 Å². The quantitative estimate of drug-likeness (QED) is 0.728. The van der Waals surface area contributed by atoms with Gasteiger partial charge in [0.25, 0.3) is 11.5 Å². The summed E-state index contributed by atoms with van der Waals surface area (Å²) in [6, 6.07) is 14.8. The Morgan fingerprint density at radius 2 is 1.85 bits per heavy atom. The average molecular weight is 366 g/mol. The molecule has 2 aromatic carbocycles. The maximum atomic E-state index is 12.6. The largest absolute Gasteiger partial charge is 0.497 e. The van der Waals surface area contributed by atoms with Crippen molar-refractivity contribution in [2.45, 2.75) is 13.5 Å². The molecule has 1 aromatic heterocycles. The third-order valence-electron chi connectivity index (χ3n) is 4.45. The summed E-state index contributed by atoms with van der Waals surface area (Å²) in [5.41, 5.74) is 2.78. The maximum absolute atomic E-state index is 12.6. The van der Waals surface area contributed by atoms with E-state index >= 15 is 0 Å². The Balaban J connectivity index is 2.00. The second-order valence-corrected chi connectivity index (χ2v) is 6.27. The number of nitrogens with zero attached hydrogens (tertiary/aromatic N) is 1. The first-order valence-corrected chi connectivity index (χ1v) is 8.58. The molecule has 0 unspecified atom stereocenters. The minimum atomic E-state index is -0.230. The van der Waals surface area contributed by atoms with Gasteiger partial charge in [-0.1, -0.05) is 18.2 Å². The fourth-order valence-corrected chi connectivity index (χ4v) is 3.00. The maximum Gasteiger partial charge on any atom is 0.253 e. The molecule has 1 amide bonds. The van der Waals surface area contributed by atoms with Gasteiger partial charge in [0.1, 0.15) is 12.4 Å². The van der Waals surface area contributed by atoms with Gasteiger partial charge in [-0.25, -0.2) is 0 Å². The number of fused-ring (bicyclic) bond motifs is 1. The number of aromatic nitrogens is 1. The summed E-state index contributed by atoms with van der Waals surface area (Å²) >= 11 is 0. The number of methoxy groups -OCH3 is 2. The van der Waals surface area contributed by atoms with E-state index in [1.807, 2.05) is 31.2 Å². The SMILES string of the molecule is COCC(=O)N(Cc1cc2cccc(C)c2[nH]c1=O)c1ccc(OC)cc1. The van der Waals surface area contributed by atoms with Gasteiger partial charge in [0, 0.05) is 18.4 Å². The molecule has 27 heavy (non-hydrogen) atoms. The molecule has 0 aliphatic rings. The third kappa shape index (κ3) is 4.01. The number of pyridine rings is 1. The topological polar surface area (TPSA) is 71.6 Å². The Morgan fingerprint density at radius 1 is 1.11 bits per heavy atom. The number of hydrogen-bond donors (Lipinski definition) is 1. The number of carbonyl (C=O) groups excluding carboxylic acids is 1. The Morgan fingerprint density at radius 3 is 2.52 bits per heavy atom. The summed E-state index contributed by atoms with van der Waals surface area (Å²) in [7, 11) is 3.05. The zero-order chi connectivity index (χ0) is 19.4. The van der Waals surface area contributed by atoms with Crippen LogP contribution in [-0.2, 0) is 16.1 Å². The highest BCUT2D eigenvalue weighted by Gasteiger charge is 2.18. The number of para-hydroxylation sites is 1. The molecule has 0 saturated heterocycles. The second-order valence-electron chi connectivity index (χ2n) is 6.27. The van der Waals surface area contributed by atoms with Crippen LogP contribution in [0.15, 0.2) is 53.3 Å². The predicted octanol–water partition coefficient (Wildman–Crippen LogP) is 3.02. The van der Waals surface area contributed by atoms with Gasteiger partial charge < -0.3 is 19.4 Å². The van der Waals surface area contributed by atoms with Crippen LogP contribution in [0.2, 0.25) is 0 Å². The first-order chi connectivity index (χ1) is 13.0. The summed E-state index contributed by atoms with van der Waals surface area (Å²) < 4.78 is 10.2. The number of rotatable bonds is 6. The molecule has 0 spiro atoms. The molecule has 0 fully saturated rings. The van der Waals surface area contributed by atoms with Gasteiger partial charge in [0.15, 0.2) is 0 Å². The smallest absolute Gasteiger partial charge is 0.253 e. The van der Waals surface area contributed by atoms with E-state index in [1.54, 1.807) is 31.4 Å². The molecule has 3 aromatic rings. The van der Waals surface area contributed by atoms with Crippen LogP contribution in [0.4, 0.5) is 5.69 Å². The van der Waals surface area contributed by atoms with Gasteiger partial charge in [-0.15, -0.1) is 0 Å². The van der Waals surface area contributed by atoms with E-state index in [4.69, 9.17) is 9.47 Å². The average Bonchev–Trinajstić information content (AvgIpc) is 2.67. The van der Waals surface area contributed by atoms with Crippen molar-refractivity contribution in [3.63, 3.8) is 0 Å². The van der Waals surface area contributed by atoms with Crippen LogP contribution in [0.25, 0.3) is 10.9 Å². The van der Waals surface area contributed by atoms with Crippen molar-refractivity contribution in [2.24, 2.45) is 0 Å². The first kappa shape index (κ1) is 18.7. The van der Waals surface area contributed by atoms with Crippen molar-refractivity contribution in [1.82, 2.24) is 4.98 Å². The number of carbonyl (C=O) groups is 1. The summed E-state index contributed by atoms with van der Waals surface area (Å²) in [6.07, 6.45) is 0. The number of benzene rings is 2. The fraction of sp³-hybridized carbons (Fsp3) is 0.238. The highest BCUT2D eigenvalue weighted by molar-refractivity contribution is 5.94. The van der Waals surface area contributed by atoms with Gasteiger partial charge in [0.2, 0.25) is 0 Å². The summed E-state index contributed by atoms with van der Waals surface area (Å²) in [4.78, 5) is 29.6. The Hall–Kier alpha value is -3.12. The lowest BCUT2D eigenvalue weighted by atomic mass is 10.1. The standard InChI is InChI=1S/C21H22N2O4/c1-14-5-4-6-15-11-16(21(25)22-20(14)15)12-23(19(24)13-26-2)17-7-9-18(27-3)10-8-17/h4-11H,12-13H2,1-3H3,(H,22,25). The molecule has 1 N–H and O–H groups in total. The second kappa shape index (κ2) is 8.05. The number of ether oxygens (including phenoxy) is 2. The number of anilines is 1. The molecule has 0 bridgehead atoms. The lowest BCUT2D eigenvalue weighted by Crippen LogP contribution is -2.35. The van der Waals surface area contributed by atoms with Crippen LogP contribution in [0.3, 0.4) is 0 Å². The van der Waals surface area contributed by atoms with Crippen molar-refractivity contribution in [1.29, 1.82) is 0 Å². The zero-order valence-electron chi connectivity index (χ0n) is 15.6. The van der Waals surface area contributed by atoms with E-state index in [0.717, 1.165) is 16.5 Å². The van der Waals surface area contributed by atoms with Gasteiger partial charge in [0.05, 0.1) is 19.2 Å². The van der Waals surface area contributed by atoms with E-state index in [-0.39, 0.29) is 24.6 Å². The molecule has 0 aliphatic carbocycles. The number of nitrogens with one attached hydrogen (secondary N) is 1. The predicted molar refractivity (Wildman–Crippen MR) is 105 cm³/mol. The lowest BCUT2D eigenvalue weighted by molar-refractivity contribution is -0.122. The van der Waals surface area contributed by atoms with Gasteiger partial charge in [-0.3, -0.25) is 9.59 Å². The van der Waals surface area contributed by atoms with Crippen molar-refractivity contribution in [3.8, 4) is 5.75 Å². The lowest BCUT2D eigenvalue weighted by Gasteiger charge is -2.23. The van der Waals surface area contributed by atoms with Crippen LogP contribution in [0, 0.1) is 6.92 Å². The summed E-state index contributed by atoms with van der Waals surface area (Å²) in [6.45, 7) is 2.02. The van der Waals surface area contributed by atoms with Crippen molar-refractivity contribution < 1.29 is 14.3 Å². The zero-order valence-corrected chi connectivity index (χ0v) is 15.6. The third-order valence-corrected chi connectivity index (χ3v) is 4.45. The van der Waals surface area contributed by atoms with Crippen molar-refractivity contribution in [2.75, 3.05) is 25.7 Å². The highest BCUT2D eigenvalue weighted by Crippen LogP contribution is 2.22. The molecular weight excluding hydrogens is 344 g/mol. The molecular formula is C21H22N2O4. The van der Waals surface area contributed by atoms with Crippen LogP contribution >= 0.6 is 0 Å². The monoisotopic (exact) mass is 366 g/mol. The van der Waals surface area contributed by atoms with Gasteiger partial charge in [-0.2, -0.15) is 0 Å². The highest BCUT2D eigenvalue weighted by atomic mass is 16.5. The number of aryl methyl sites for hydroxylation is 1.